The molecule has 0 unspecified atom stereocenters. The summed E-state index contributed by atoms with van der Waals surface area (Å²) in [4.78, 5) is 0. The lowest BCUT2D eigenvalue weighted by atomic mass is 9.85. The fourth-order valence-electron chi connectivity index (χ4n) is 2.95. The van der Waals surface area contributed by atoms with Gasteiger partial charge < -0.3 is 9.47 Å². The Kier molecular flexibility index (Phi) is 3.77. The largest absolute Gasteiger partial charge is 0.378 e. The summed E-state index contributed by atoms with van der Waals surface area (Å²) in [7, 11) is 0. The Balaban J connectivity index is 1.69. The molecule has 2 heteroatoms. The molecule has 96 valence electrons. The van der Waals surface area contributed by atoms with E-state index in [0.717, 1.165) is 19.6 Å². The summed E-state index contributed by atoms with van der Waals surface area (Å²) in [5.41, 5.74) is 1.24. The van der Waals surface area contributed by atoms with Crippen molar-refractivity contribution in [1.82, 2.24) is 0 Å². The molecule has 0 aromatic heterocycles. The molecule has 0 N–H and O–H groups in total. The highest BCUT2D eigenvalue weighted by Crippen LogP contribution is 2.32. The third kappa shape index (κ3) is 2.65. The molecule has 0 amide bonds. The lowest BCUT2D eigenvalue weighted by molar-refractivity contribution is -0.125. The summed E-state index contributed by atoms with van der Waals surface area (Å²) in [5.74, 6) is 0.549. The third-order valence-electron chi connectivity index (χ3n) is 3.90. The first-order valence-electron chi connectivity index (χ1n) is 6.90. The summed E-state index contributed by atoms with van der Waals surface area (Å²) >= 11 is 0. The molecular formula is C16H20O2. The molecule has 18 heavy (non-hydrogen) atoms. The van der Waals surface area contributed by atoms with E-state index in [9.17, 15) is 0 Å². The van der Waals surface area contributed by atoms with Crippen molar-refractivity contribution in [3.8, 4) is 0 Å². The zero-order valence-electron chi connectivity index (χ0n) is 10.6. The molecule has 3 atom stereocenters. The average Bonchev–Trinajstić information content (AvgIpc) is 2.46. The van der Waals surface area contributed by atoms with Crippen LogP contribution in [0.4, 0.5) is 0 Å². The number of rotatable bonds is 2. The standard InChI is InChI=1S/C16H20O2/c1-2-5-13(6-3-1)8-9-15-14-7-4-11-17-16(14)10-12-18-15/h1-3,5-6,8-9,14-16H,4,7,10-12H2/b9-8+/t14-,15+,16+/m1/s1. The van der Waals surface area contributed by atoms with Crippen LogP contribution in [0.15, 0.2) is 36.4 Å². The average molecular weight is 244 g/mol. The van der Waals surface area contributed by atoms with Crippen LogP contribution in [0.25, 0.3) is 6.08 Å². The summed E-state index contributed by atoms with van der Waals surface area (Å²) < 4.78 is 11.8. The van der Waals surface area contributed by atoms with Crippen LogP contribution in [0.5, 0.6) is 0 Å². The van der Waals surface area contributed by atoms with E-state index in [4.69, 9.17) is 9.47 Å². The van der Waals surface area contributed by atoms with Crippen molar-refractivity contribution < 1.29 is 9.47 Å². The Morgan fingerprint density at radius 1 is 1.00 bits per heavy atom. The number of hydrogen-bond acceptors (Lipinski definition) is 2. The lowest BCUT2D eigenvalue weighted by Crippen LogP contribution is -2.43. The van der Waals surface area contributed by atoms with E-state index in [0.29, 0.717) is 12.0 Å². The predicted octanol–water partition coefficient (Wildman–Crippen LogP) is 3.28. The topological polar surface area (TPSA) is 18.5 Å². The zero-order chi connectivity index (χ0) is 12.2. The van der Waals surface area contributed by atoms with Crippen molar-refractivity contribution in [3.63, 3.8) is 0 Å². The zero-order valence-corrected chi connectivity index (χ0v) is 10.6. The minimum Gasteiger partial charge on any atom is -0.378 e. The van der Waals surface area contributed by atoms with Gasteiger partial charge in [-0.2, -0.15) is 0 Å². The minimum atomic E-state index is 0.226. The van der Waals surface area contributed by atoms with Gasteiger partial charge in [0.2, 0.25) is 0 Å². The van der Waals surface area contributed by atoms with E-state index in [1.54, 1.807) is 0 Å². The maximum Gasteiger partial charge on any atom is 0.0812 e. The van der Waals surface area contributed by atoms with Gasteiger partial charge in [0.05, 0.1) is 12.2 Å². The molecule has 2 aliphatic heterocycles. The second-order valence-electron chi connectivity index (χ2n) is 5.11. The molecule has 0 aliphatic carbocycles. The van der Waals surface area contributed by atoms with Crippen LogP contribution in [0.1, 0.15) is 24.8 Å². The Bertz CT molecular complexity index is 397. The van der Waals surface area contributed by atoms with Gasteiger partial charge in [0.1, 0.15) is 0 Å². The van der Waals surface area contributed by atoms with Crippen LogP contribution < -0.4 is 0 Å². The maximum absolute atomic E-state index is 5.90. The van der Waals surface area contributed by atoms with Gasteiger partial charge in [-0.05, 0) is 24.8 Å². The van der Waals surface area contributed by atoms with Gasteiger partial charge in [0.25, 0.3) is 0 Å². The van der Waals surface area contributed by atoms with Crippen LogP contribution >= 0.6 is 0 Å². The Morgan fingerprint density at radius 2 is 1.89 bits per heavy atom. The first-order chi connectivity index (χ1) is 8.93. The van der Waals surface area contributed by atoms with Gasteiger partial charge in [0.15, 0.2) is 0 Å². The minimum absolute atomic E-state index is 0.226. The molecule has 2 fully saturated rings. The van der Waals surface area contributed by atoms with Gasteiger partial charge in [-0.3, -0.25) is 0 Å². The van der Waals surface area contributed by atoms with Crippen LogP contribution in [0, 0.1) is 5.92 Å². The van der Waals surface area contributed by atoms with Gasteiger partial charge in [-0.1, -0.05) is 42.5 Å². The van der Waals surface area contributed by atoms with E-state index < -0.39 is 0 Å². The molecule has 0 bridgehead atoms. The first kappa shape index (κ1) is 11.9. The molecule has 2 aliphatic rings. The molecule has 0 spiro atoms. The van der Waals surface area contributed by atoms with Gasteiger partial charge in [-0.25, -0.2) is 0 Å². The second-order valence-corrected chi connectivity index (χ2v) is 5.11. The highest BCUT2D eigenvalue weighted by atomic mass is 16.5. The maximum atomic E-state index is 5.90. The molecular weight excluding hydrogens is 224 g/mol. The van der Waals surface area contributed by atoms with Crippen molar-refractivity contribution in [2.24, 2.45) is 5.92 Å². The number of fused-ring (bicyclic) bond motifs is 1. The van der Waals surface area contributed by atoms with E-state index in [1.165, 1.54) is 18.4 Å². The highest BCUT2D eigenvalue weighted by molar-refractivity contribution is 5.49. The number of hydrogen-bond donors (Lipinski definition) is 0. The van der Waals surface area contributed by atoms with Gasteiger partial charge in [-0.15, -0.1) is 0 Å². The first-order valence-corrected chi connectivity index (χ1v) is 6.90. The summed E-state index contributed by atoms with van der Waals surface area (Å²) in [5, 5.41) is 0. The van der Waals surface area contributed by atoms with Gasteiger partial charge >= 0.3 is 0 Å². The monoisotopic (exact) mass is 244 g/mol. The fourth-order valence-corrected chi connectivity index (χ4v) is 2.95. The molecule has 0 radical (unpaired) electrons. The SMILES string of the molecule is C(=C\[C@@H]1OCC[C@@H]2OCCC[C@H]12)/c1ccccc1. The van der Waals surface area contributed by atoms with E-state index in [-0.39, 0.29) is 6.10 Å². The van der Waals surface area contributed by atoms with E-state index in [2.05, 4.69) is 36.4 Å². The Morgan fingerprint density at radius 3 is 2.78 bits per heavy atom. The smallest absolute Gasteiger partial charge is 0.0812 e. The lowest BCUT2D eigenvalue weighted by Gasteiger charge is -2.39. The van der Waals surface area contributed by atoms with Crippen LogP contribution in [0.3, 0.4) is 0 Å². The Hall–Kier alpha value is -1.12. The fraction of sp³-hybridized carbons (Fsp3) is 0.500. The summed E-state index contributed by atoms with van der Waals surface area (Å²) in [6.45, 7) is 1.75. The third-order valence-corrected chi connectivity index (χ3v) is 3.90. The summed E-state index contributed by atoms with van der Waals surface area (Å²) in [6.07, 6.45) is 8.47. The van der Waals surface area contributed by atoms with Crippen molar-refractivity contribution in [2.75, 3.05) is 13.2 Å². The number of benzene rings is 1. The summed E-state index contributed by atoms with van der Waals surface area (Å²) in [6, 6.07) is 10.4. The molecule has 0 saturated carbocycles. The van der Waals surface area contributed by atoms with Gasteiger partial charge in [0, 0.05) is 19.1 Å². The quantitative estimate of drug-likeness (QED) is 0.795. The Labute approximate surface area is 109 Å². The van der Waals surface area contributed by atoms with Crippen LogP contribution in [-0.4, -0.2) is 25.4 Å². The van der Waals surface area contributed by atoms with Crippen LogP contribution in [0.2, 0.25) is 0 Å². The normalized spacial score (nSPS) is 32.3. The van der Waals surface area contributed by atoms with Crippen LogP contribution in [-0.2, 0) is 9.47 Å². The second kappa shape index (κ2) is 5.68. The molecule has 1 aromatic carbocycles. The van der Waals surface area contributed by atoms with E-state index >= 15 is 0 Å². The number of ether oxygens (including phenoxy) is 2. The van der Waals surface area contributed by atoms with E-state index in [1.807, 2.05) is 6.07 Å². The van der Waals surface area contributed by atoms with Crippen molar-refractivity contribution in [3.05, 3.63) is 42.0 Å². The molecule has 1 aromatic rings. The molecule has 2 heterocycles. The predicted molar refractivity (Wildman–Crippen MR) is 72.3 cm³/mol. The molecule has 2 saturated heterocycles. The molecule has 2 nitrogen and oxygen atoms in total. The van der Waals surface area contributed by atoms with Crippen molar-refractivity contribution in [2.45, 2.75) is 31.5 Å². The van der Waals surface area contributed by atoms with Crippen molar-refractivity contribution >= 4 is 6.08 Å². The highest BCUT2D eigenvalue weighted by Gasteiger charge is 2.35. The molecule has 3 rings (SSSR count). The van der Waals surface area contributed by atoms with Crippen molar-refractivity contribution in [1.29, 1.82) is 0 Å².